The molecule has 0 fully saturated rings. The number of methoxy groups -OCH3 is 1. The van der Waals surface area contributed by atoms with E-state index in [1.807, 2.05) is 22.5 Å². The van der Waals surface area contributed by atoms with Gasteiger partial charge in [0.1, 0.15) is 17.6 Å². The fourth-order valence-electron chi connectivity index (χ4n) is 2.04. The van der Waals surface area contributed by atoms with Crippen LogP contribution in [-0.4, -0.2) is 26.4 Å². The summed E-state index contributed by atoms with van der Waals surface area (Å²) in [5.41, 5.74) is 7.16. The van der Waals surface area contributed by atoms with Crippen LogP contribution in [0.4, 0.5) is 0 Å². The van der Waals surface area contributed by atoms with Crippen LogP contribution in [0.25, 0.3) is 0 Å². The van der Waals surface area contributed by atoms with Crippen LogP contribution in [0, 0.1) is 0 Å². The van der Waals surface area contributed by atoms with Crippen molar-refractivity contribution in [2.45, 2.75) is 25.9 Å². The number of aromatic nitrogens is 4. The normalized spacial score (nSPS) is 12.7. The number of hydrogen-bond donors (Lipinski definition) is 1. The first kappa shape index (κ1) is 12.6. The second-order valence-electron chi connectivity index (χ2n) is 4.20. The van der Waals surface area contributed by atoms with Gasteiger partial charge in [0.15, 0.2) is 5.75 Å². The Morgan fingerprint density at radius 1 is 1.50 bits per heavy atom. The van der Waals surface area contributed by atoms with E-state index in [1.165, 1.54) is 0 Å². The SMILES string of the molecule is CCCn1ncc(OC)c1C(N)c1nccn1C. The largest absolute Gasteiger partial charge is 0.493 e. The van der Waals surface area contributed by atoms with Crippen molar-refractivity contribution in [2.75, 3.05) is 7.11 Å². The lowest BCUT2D eigenvalue weighted by Gasteiger charge is -2.15. The van der Waals surface area contributed by atoms with Gasteiger partial charge in [-0.05, 0) is 6.42 Å². The lowest BCUT2D eigenvalue weighted by molar-refractivity contribution is 0.402. The molecule has 0 aliphatic heterocycles. The van der Waals surface area contributed by atoms with Gasteiger partial charge in [-0.1, -0.05) is 6.92 Å². The Hall–Kier alpha value is -1.82. The molecule has 18 heavy (non-hydrogen) atoms. The summed E-state index contributed by atoms with van der Waals surface area (Å²) in [6.45, 7) is 2.92. The number of imidazole rings is 1. The minimum atomic E-state index is -0.339. The Balaban J connectivity index is 2.42. The lowest BCUT2D eigenvalue weighted by Crippen LogP contribution is -2.21. The number of nitrogens with zero attached hydrogens (tertiary/aromatic N) is 4. The Morgan fingerprint density at radius 2 is 2.28 bits per heavy atom. The van der Waals surface area contributed by atoms with Crippen molar-refractivity contribution in [3.63, 3.8) is 0 Å². The molecular formula is C12H19N5O. The zero-order valence-electron chi connectivity index (χ0n) is 11.0. The number of ether oxygens (including phenoxy) is 1. The molecule has 0 aromatic carbocycles. The van der Waals surface area contributed by atoms with Crippen molar-refractivity contribution in [2.24, 2.45) is 12.8 Å². The third kappa shape index (κ3) is 2.11. The van der Waals surface area contributed by atoms with Gasteiger partial charge in [-0.25, -0.2) is 4.98 Å². The van der Waals surface area contributed by atoms with Gasteiger partial charge in [0, 0.05) is 26.0 Å². The van der Waals surface area contributed by atoms with Crippen molar-refractivity contribution < 1.29 is 4.74 Å². The van der Waals surface area contributed by atoms with E-state index in [1.54, 1.807) is 19.5 Å². The summed E-state index contributed by atoms with van der Waals surface area (Å²) in [6, 6.07) is -0.339. The molecule has 1 unspecified atom stereocenters. The van der Waals surface area contributed by atoms with E-state index in [4.69, 9.17) is 10.5 Å². The summed E-state index contributed by atoms with van der Waals surface area (Å²) in [5.74, 6) is 1.50. The average Bonchev–Trinajstić information content (AvgIpc) is 2.95. The quantitative estimate of drug-likeness (QED) is 0.861. The smallest absolute Gasteiger partial charge is 0.162 e. The summed E-state index contributed by atoms with van der Waals surface area (Å²) in [7, 11) is 3.55. The van der Waals surface area contributed by atoms with Crippen LogP contribution in [0.3, 0.4) is 0 Å². The molecule has 2 N–H and O–H groups in total. The third-order valence-corrected chi connectivity index (χ3v) is 2.93. The Kier molecular flexibility index (Phi) is 3.66. The van der Waals surface area contributed by atoms with Crippen molar-refractivity contribution in [3.05, 3.63) is 30.1 Å². The standard InChI is InChI=1S/C12H19N5O/c1-4-6-17-11(9(18-3)8-15-17)10(13)12-14-5-7-16(12)2/h5,7-8,10H,4,6,13H2,1-3H3. The van der Waals surface area contributed by atoms with E-state index in [0.29, 0.717) is 5.75 Å². The molecule has 0 aliphatic rings. The van der Waals surface area contributed by atoms with Crippen LogP contribution < -0.4 is 10.5 Å². The molecule has 0 radical (unpaired) electrons. The monoisotopic (exact) mass is 249 g/mol. The number of nitrogens with two attached hydrogens (primary N) is 1. The van der Waals surface area contributed by atoms with E-state index in [0.717, 1.165) is 24.5 Å². The molecule has 0 saturated carbocycles. The zero-order valence-corrected chi connectivity index (χ0v) is 11.0. The maximum absolute atomic E-state index is 6.29. The molecule has 0 aliphatic carbocycles. The highest BCUT2D eigenvalue weighted by Gasteiger charge is 2.22. The van der Waals surface area contributed by atoms with Gasteiger partial charge in [0.25, 0.3) is 0 Å². The van der Waals surface area contributed by atoms with Gasteiger partial charge in [0.05, 0.1) is 13.3 Å². The second kappa shape index (κ2) is 5.22. The Morgan fingerprint density at radius 3 is 2.83 bits per heavy atom. The molecule has 2 rings (SSSR count). The van der Waals surface area contributed by atoms with Crippen LogP contribution >= 0.6 is 0 Å². The lowest BCUT2D eigenvalue weighted by atomic mass is 10.2. The molecule has 2 aromatic heterocycles. The third-order valence-electron chi connectivity index (χ3n) is 2.93. The number of rotatable bonds is 5. The molecule has 6 nitrogen and oxygen atoms in total. The van der Waals surface area contributed by atoms with Gasteiger partial charge in [-0.15, -0.1) is 0 Å². The van der Waals surface area contributed by atoms with Gasteiger partial charge < -0.3 is 15.0 Å². The molecule has 0 bridgehead atoms. The Labute approximate surface area is 106 Å². The second-order valence-corrected chi connectivity index (χ2v) is 4.20. The molecule has 6 heteroatoms. The van der Waals surface area contributed by atoms with E-state index >= 15 is 0 Å². The van der Waals surface area contributed by atoms with E-state index in [-0.39, 0.29) is 6.04 Å². The van der Waals surface area contributed by atoms with Crippen molar-refractivity contribution >= 4 is 0 Å². The van der Waals surface area contributed by atoms with Crippen molar-refractivity contribution in [1.29, 1.82) is 0 Å². The van der Waals surface area contributed by atoms with Crippen LogP contribution in [0.1, 0.15) is 30.9 Å². The minimum absolute atomic E-state index is 0.339. The van der Waals surface area contributed by atoms with E-state index < -0.39 is 0 Å². The first-order valence-corrected chi connectivity index (χ1v) is 6.01. The predicted octanol–water partition coefficient (Wildman–Crippen LogP) is 1.08. The van der Waals surface area contributed by atoms with E-state index in [2.05, 4.69) is 17.0 Å². The van der Waals surface area contributed by atoms with E-state index in [9.17, 15) is 0 Å². The van der Waals surface area contributed by atoms with Gasteiger partial charge >= 0.3 is 0 Å². The highest BCUT2D eigenvalue weighted by atomic mass is 16.5. The summed E-state index contributed by atoms with van der Waals surface area (Å²) < 4.78 is 9.13. The van der Waals surface area contributed by atoms with Gasteiger partial charge in [0.2, 0.25) is 0 Å². The minimum Gasteiger partial charge on any atom is -0.493 e. The molecule has 2 aromatic rings. The van der Waals surface area contributed by atoms with Crippen LogP contribution in [-0.2, 0) is 13.6 Å². The first-order chi connectivity index (χ1) is 8.69. The first-order valence-electron chi connectivity index (χ1n) is 6.01. The van der Waals surface area contributed by atoms with Crippen LogP contribution in [0.5, 0.6) is 5.75 Å². The number of hydrogen-bond acceptors (Lipinski definition) is 4. The summed E-state index contributed by atoms with van der Waals surface area (Å²) in [6.07, 6.45) is 6.31. The molecular weight excluding hydrogens is 230 g/mol. The maximum Gasteiger partial charge on any atom is 0.162 e. The highest BCUT2D eigenvalue weighted by molar-refractivity contribution is 5.32. The molecule has 0 spiro atoms. The molecule has 2 heterocycles. The fourth-order valence-corrected chi connectivity index (χ4v) is 2.04. The summed E-state index contributed by atoms with van der Waals surface area (Å²) >= 11 is 0. The van der Waals surface area contributed by atoms with Crippen molar-refractivity contribution in [3.8, 4) is 5.75 Å². The zero-order chi connectivity index (χ0) is 13.1. The van der Waals surface area contributed by atoms with Gasteiger partial charge in [-0.2, -0.15) is 5.10 Å². The Bertz CT molecular complexity index is 516. The maximum atomic E-state index is 6.29. The summed E-state index contributed by atoms with van der Waals surface area (Å²) in [4.78, 5) is 4.29. The molecule has 0 amide bonds. The van der Waals surface area contributed by atoms with Crippen molar-refractivity contribution in [1.82, 2.24) is 19.3 Å². The predicted molar refractivity (Wildman–Crippen MR) is 68.3 cm³/mol. The van der Waals surface area contributed by atoms with Gasteiger partial charge in [-0.3, -0.25) is 4.68 Å². The van der Waals surface area contributed by atoms with Crippen LogP contribution in [0.15, 0.2) is 18.6 Å². The van der Waals surface area contributed by atoms with Crippen LogP contribution in [0.2, 0.25) is 0 Å². The summed E-state index contributed by atoms with van der Waals surface area (Å²) in [5, 5.41) is 4.31. The molecule has 0 saturated heterocycles. The average molecular weight is 249 g/mol. The molecule has 98 valence electrons. The fraction of sp³-hybridized carbons (Fsp3) is 0.500. The number of aryl methyl sites for hydroxylation is 2. The highest BCUT2D eigenvalue weighted by Crippen LogP contribution is 2.27. The topological polar surface area (TPSA) is 70.9 Å². The molecule has 1 atom stereocenters.